The van der Waals surface area contributed by atoms with Crippen LogP contribution in [-0.4, -0.2) is 38.6 Å². The van der Waals surface area contributed by atoms with E-state index in [0.29, 0.717) is 23.1 Å². The number of anilines is 1. The fraction of sp³-hybridized carbons (Fsp3) is 0.350. The lowest BCUT2D eigenvalue weighted by atomic mass is 10.1. The van der Waals surface area contributed by atoms with E-state index >= 15 is 0 Å². The molecule has 138 valence electrons. The summed E-state index contributed by atoms with van der Waals surface area (Å²) in [6.07, 6.45) is 0. The van der Waals surface area contributed by atoms with Crippen molar-refractivity contribution in [2.45, 2.75) is 13.5 Å². The Morgan fingerprint density at radius 1 is 1.15 bits per heavy atom. The summed E-state index contributed by atoms with van der Waals surface area (Å²) in [4.78, 5) is 16.0. The Bertz CT molecular complexity index is 773. The lowest BCUT2D eigenvalue weighted by Crippen LogP contribution is -3.15. The molecule has 0 radical (unpaired) electrons. The maximum Gasteiger partial charge on any atom is 0.275 e. The van der Waals surface area contributed by atoms with E-state index in [1.54, 1.807) is 12.1 Å². The Labute approximate surface area is 164 Å². The third-order valence-corrected chi connectivity index (χ3v) is 5.42. The number of amides is 1. The first kappa shape index (κ1) is 19.0. The summed E-state index contributed by atoms with van der Waals surface area (Å²) in [6.45, 7) is 6.92. The number of piperazine rings is 1. The number of hydrogen-bond acceptors (Lipinski definition) is 2. The van der Waals surface area contributed by atoms with Crippen molar-refractivity contribution in [1.29, 1.82) is 0 Å². The van der Waals surface area contributed by atoms with Crippen molar-refractivity contribution in [2.24, 2.45) is 0 Å². The van der Waals surface area contributed by atoms with Crippen molar-refractivity contribution < 1.29 is 9.69 Å². The molecule has 1 aliphatic rings. The molecule has 0 bridgehead atoms. The topological polar surface area (TPSA) is 36.8 Å². The number of halogens is 2. The lowest BCUT2D eigenvalue weighted by molar-refractivity contribution is -0.892. The molecule has 0 saturated carbocycles. The molecule has 4 nitrogen and oxygen atoms in total. The molecule has 1 heterocycles. The number of carbonyl (C=O) groups is 1. The number of para-hydroxylation sites is 1. The molecule has 0 aliphatic carbocycles. The van der Waals surface area contributed by atoms with Crippen LogP contribution < -0.4 is 15.1 Å². The molecule has 0 spiro atoms. The molecule has 26 heavy (non-hydrogen) atoms. The largest absolute Gasteiger partial charge is 0.360 e. The van der Waals surface area contributed by atoms with E-state index < -0.39 is 0 Å². The first-order valence-corrected chi connectivity index (χ1v) is 9.63. The Hall–Kier alpha value is -1.75. The van der Waals surface area contributed by atoms with Crippen LogP contribution in [0.3, 0.4) is 0 Å². The van der Waals surface area contributed by atoms with Gasteiger partial charge in [-0.2, -0.15) is 0 Å². The summed E-state index contributed by atoms with van der Waals surface area (Å²) in [6, 6.07) is 13.8. The van der Waals surface area contributed by atoms with Crippen LogP contribution in [0.2, 0.25) is 10.0 Å². The lowest BCUT2D eigenvalue weighted by Gasteiger charge is -2.34. The van der Waals surface area contributed by atoms with E-state index in [9.17, 15) is 4.79 Å². The number of nitrogens with one attached hydrogen (secondary N) is 2. The average molecular weight is 393 g/mol. The summed E-state index contributed by atoms with van der Waals surface area (Å²) in [5, 5.41) is 4.14. The molecule has 0 atom stereocenters. The smallest absolute Gasteiger partial charge is 0.275 e. The number of benzene rings is 2. The molecular formula is C20H24Cl2N3O+. The van der Waals surface area contributed by atoms with Gasteiger partial charge in [0.15, 0.2) is 6.54 Å². The van der Waals surface area contributed by atoms with Crippen LogP contribution in [0.4, 0.5) is 5.69 Å². The van der Waals surface area contributed by atoms with Gasteiger partial charge in [0.25, 0.3) is 5.91 Å². The van der Waals surface area contributed by atoms with Crippen LogP contribution in [-0.2, 0) is 11.3 Å². The van der Waals surface area contributed by atoms with Crippen LogP contribution >= 0.6 is 23.2 Å². The highest BCUT2D eigenvalue weighted by Gasteiger charge is 2.22. The van der Waals surface area contributed by atoms with Crippen molar-refractivity contribution in [3.05, 3.63) is 63.6 Å². The highest BCUT2D eigenvalue weighted by atomic mass is 35.5. The zero-order chi connectivity index (χ0) is 18.5. The highest BCUT2D eigenvalue weighted by molar-refractivity contribution is 6.35. The number of quaternary nitrogens is 1. The predicted molar refractivity (Wildman–Crippen MR) is 107 cm³/mol. The number of hydrogen-bond donors (Lipinski definition) is 2. The fourth-order valence-electron chi connectivity index (χ4n) is 3.31. The van der Waals surface area contributed by atoms with Gasteiger partial charge in [-0.3, -0.25) is 4.79 Å². The minimum Gasteiger partial charge on any atom is -0.360 e. The van der Waals surface area contributed by atoms with E-state index in [-0.39, 0.29) is 5.91 Å². The molecule has 0 unspecified atom stereocenters. The van der Waals surface area contributed by atoms with E-state index in [2.05, 4.69) is 41.4 Å². The second kappa shape index (κ2) is 8.76. The van der Waals surface area contributed by atoms with Crippen molar-refractivity contribution in [2.75, 3.05) is 37.6 Å². The first-order valence-electron chi connectivity index (χ1n) is 8.87. The van der Waals surface area contributed by atoms with Crippen LogP contribution in [0.1, 0.15) is 11.1 Å². The number of nitrogens with zero attached hydrogens (tertiary/aromatic N) is 1. The number of aryl methyl sites for hydroxylation is 1. The van der Waals surface area contributed by atoms with Crippen LogP contribution in [0.25, 0.3) is 0 Å². The second-order valence-corrected chi connectivity index (χ2v) is 7.56. The third kappa shape index (κ3) is 4.91. The molecule has 1 amide bonds. The van der Waals surface area contributed by atoms with Gasteiger partial charge in [-0.25, -0.2) is 0 Å². The van der Waals surface area contributed by atoms with Gasteiger partial charge >= 0.3 is 0 Å². The summed E-state index contributed by atoms with van der Waals surface area (Å²) in [5.74, 6) is 0.0513. The minimum atomic E-state index is 0.0513. The summed E-state index contributed by atoms with van der Waals surface area (Å²) in [7, 11) is 0. The molecule has 1 fully saturated rings. The maximum absolute atomic E-state index is 12.3. The van der Waals surface area contributed by atoms with Crippen molar-refractivity contribution in [3.63, 3.8) is 0 Å². The molecule has 1 aliphatic heterocycles. The van der Waals surface area contributed by atoms with Gasteiger partial charge in [-0.15, -0.1) is 0 Å². The summed E-state index contributed by atoms with van der Waals surface area (Å²) in [5.41, 5.74) is 3.48. The van der Waals surface area contributed by atoms with Crippen LogP contribution in [0.5, 0.6) is 0 Å². The van der Waals surface area contributed by atoms with Gasteiger partial charge in [0.1, 0.15) is 0 Å². The van der Waals surface area contributed by atoms with Gasteiger partial charge in [0.2, 0.25) is 0 Å². The van der Waals surface area contributed by atoms with Crippen molar-refractivity contribution in [1.82, 2.24) is 5.32 Å². The Morgan fingerprint density at radius 2 is 1.88 bits per heavy atom. The third-order valence-electron chi connectivity index (χ3n) is 4.83. The first-order chi connectivity index (χ1) is 12.5. The van der Waals surface area contributed by atoms with Crippen LogP contribution in [0.15, 0.2) is 42.5 Å². The Balaban J connectivity index is 1.45. The van der Waals surface area contributed by atoms with Crippen molar-refractivity contribution >= 4 is 34.8 Å². The normalized spacial score (nSPS) is 15.1. The quantitative estimate of drug-likeness (QED) is 0.818. The van der Waals surface area contributed by atoms with E-state index in [4.69, 9.17) is 23.2 Å². The van der Waals surface area contributed by atoms with Gasteiger partial charge < -0.3 is 15.1 Å². The second-order valence-electron chi connectivity index (χ2n) is 6.71. The summed E-state index contributed by atoms with van der Waals surface area (Å²) < 4.78 is 0. The summed E-state index contributed by atoms with van der Waals surface area (Å²) >= 11 is 12.0. The molecule has 1 saturated heterocycles. The zero-order valence-corrected chi connectivity index (χ0v) is 16.4. The minimum absolute atomic E-state index is 0.0513. The molecular weight excluding hydrogens is 369 g/mol. The number of rotatable bonds is 5. The predicted octanol–water partition coefficient (Wildman–Crippen LogP) is 2.32. The van der Waals surface area contributed by atoms with Gasteiger partial charge in [0.05, 0.1) is 26.2 Å². The van der Waals surface area contributed by atoms with Gasteiger partial charge in [0, 0.05) is 22.3 Å². The van der Waals surface area contributed by atoms with Crippen molar-refractivity contribution in [3.8, 4) is 0 Å². The van der Waals surface area contributed by atoms with E-state index in [1.165, 1.54) is 16.2 Å². The van der Waals surface area contributed by atoms with Gasteiger partial charge in [-0.05, 0) is 36.2 Å². The monoisotopic (exact) mass is 392 g/mol. The van der Waals surface area contributed by atoms with E-state index in [0.717, 1.165) is 31.7 Å². The van der Waals surface area contributed by atoms with Crippen LogP contribution in [0, 0.1) is 6.92 Å². The maximum atomic E-state index is 12.3. The highest BCUT2D eigenvalue weighted by Crippen LogP contribution is 2.21. The Morgan fingerprint density at radius 3 is 2.58 bits per heavy atom. The fourth-order valence-corrected chi connectivity index (χ4v) is 3.78. The van der Waals surface area contributed by atoms with E-state index in [1.807, 2.05) is 6.07 Å². The zero-order valence-electron chi connectivity index (χ0n) is 14.9. The molecule has 2 aromatic carbocycles. The molecule has 2 N–H and O–H groups in total. The molecule has 0 aromatic heterocycles. The molecule has 6 heteroatoms. The Kier molecular flexibility index (Phi) is 6.41. The average Bonchev–Trinajstić information content (AvgIpc) is 2.62. The standard InChI is InChI=1S/C20H23Cl2N3O/c1-15-4-2-3-5-19(15)25-10-8-24(9-11-25)14-20(26)23-13-16-6-7-17(21)12-18(16)22/h2-7,12H,8-11,13-14H2,1H3,(H,23,26)/p+1. The SMILES string of the molecule is Cc1ccccc1N1CC[NH+](CC(=O)NCc2ccc(Cl)cc2Cl)CC1. The molecule has 2 aromatic rings. The van der Waals surface area contributed by atoms with Gasteiger partial charge in [-0.1, -0.05) is 47.5 Å². The number of carbonyl (C=O) groups excluding carboxylic acids is 1. The molecule has 3 rings (SSSR count).